The molecule has 1 heterocycles. The van der Waals surface area contributed by atoms with Crippen molar-refractivity contribution >= 4 is 0 Å². The van der Waals surface area contributed by atoms with Crippen LogP contribution in [0.5, 0.6) is 0 Å². The molecule has 1 unspecified atom stereocenters. The normalized spacial score (nSPS) is 21.8. The Morgan fingerprint density at radius 2 is 2.08 bits per heavy atom. The van der Waals surface area contributed by atoms with Crippen molar-refractivity contribution in [3.8, 4) is 0 Å². The van der Waals surface area contributed by atoms with Gasteiger partial charge in [0.1, 0.15) is 0 Å². The summed E-state index contributed by atoms with van der Waals surface area (Å²) in [6.07, 6.45) is 2.38. The number of ether oxygens (including phenoxy) is 1. The summed E-state index contributed by atoms with van der Waals surface area (Å²) in [5.74, 6) is 0. The van der Waals surface area contributed by atoms with E-state index in [1.54, 1.807) is 0 Å². The van der Waals surface area contributed by atoms with Gasteiger partial charge in [0.15, 0.2) is 0 Å². The highest BCUT2D eigenvalue weighted by molar-refractivity contribution is 4.71. The average Bonchev–Trinajstić information content (AvgIpc) is 2.58. The van der Waals surface area contributed by atoms with Gasteiger partial charge in [-0.3, -0.25) is 0 Å². The molecular weight excluding hydrogens is 154 g/mol. The predicted octanol–water partition coefficient (Wildman–Crippen LogP) is 0.773. The summed E-state index contributed by atoms with van der Waals surface area (Å²) in [6.45, 7) is 7.06. The molecule has 1 fully saturated rings. The van der Waals surface area contributed by atoms with Gasteiger partial charge in [-0.25, -0.2) is 0 Å². The highest BCUT2D eigenvalue weighted by Gasteiger charge is 2.10. The van der Waals surface area contributed by atoms with E-state index in [4.69, 9.17) is 9.84 Å². The second kappa shape index (κ2) is 8.97. The van der Waals surface area contributed by atoms with Crippen molar-refractivity contribution < 1.29 is 9.84 Å². The summed E-state index contributed by atoms with van der Waals surface area (Å²) in [4.78, 5) is 0. The van der Waals surface area contributed by atoms with Crippen molar-refractivity contribution in [1.82, 2.24) is 5.32 Å². The zero-order valence-electron chi connectivity index (χ0n) is 8.18. The average molecular weight is 175 g/mol. The molecule has 1 aliphatic heterocycles. The molecule has 0 saturated carbocycles. The topological polar surface area (TPSA) is 41.5 Å². The third kappa shape index (κ3) is 6.58. The highest BCUT2D eigenvalue weighted by Crippen LogP contribution is 2.02. The fraction of sp³-hybridized carbons (Fsp3) is 1.00. The first-order valence-corrected chi connectivity index (χ1v) is 4.77. The molecule has 12 heavy (non-hydrogen) atoms. The Morgan fingerprint density at radius 1 is 1.42 bits per heavy atom. The third-order valence-electron chi connectivity index (χ3n) is 1.79. The number of nitrogens with one attached hydrogen (secondary N) is 1. The lowest BCUT2D eigenvalue weighted by molar-refractivity contribution is 0.162. The van der Waals surface area contributed by atoms with Crippen LogP contribution in [0.15, 0.2) is 0 Å². The molecule has 3 nitrogen and oxygen atoms in total. The van der Waals surface area contributed by atoms with Gasteiger partial charge in [0.05, 0.1) is 6.61 Å². The van der Waals surface area contributed by atoms with Crippen LogP contribution >= 0.6 is 0 Å². The van der Waals surface area contributed by atoms with Crippen molar-refractivity contribution in [3.63, 3.8) is 0 Å². The molecule has 2 N–H and O–H groups in total. The van der Waals surface area contributed by atoms with E-state index in [2.05, 4.69) is 5.32 Å². The van der Waals surface area contributed by atoms with E-state index in [1.807, 2.05) is 13.8 Å². The number of hydrogen-bond donors (Lipinski definition) is 2. The lowest BCUT2D eigenvalue weighted by Crippen LogP contribution is -2.24. The molecule has 1 rings (SSSR count). The molecular formula is C9H21NO2. The molecule has 0 aromatic heterocycles. The Labute approximate surface area is 75.1 Å². The second-order valence-electron chi connectivity index (χ2n) is 2.76. The maximum atomic E-state index is 8.50. The van der Waals surface area contributed by atoms with Crippen LogP contribution in [0, 0.1) is 0 Å². The van der Waals surface area contributed by atoms with Crippen molar-refractivity contribution in [3.05, 3.63) is 0 Å². The number of rotatable bonds is 3. The van der Waals surface area contributed by atoms with Gasteiger partial charge in [-0.1, -0.05) is 0 Å². The summed E-state index contributed by atoms with van der Waals surface area (Å²) < 4.78 is 4.83. The minimum Gasteiger partial charge on any atom is -0.395 e. The molecule has 1 aliphatic rings. The second-order valence-corrected chi connectivity index (χ2v) is 2.76. The smallest absolute Gasteiger partial charge is 0.0584 e. The van der Waals surface area contributed by atoms with Crippen LogP contribution in [-0.4, -0.2) is 37.5 Å². The fourth-order valence-electron chi connectivity index (χ4n) is 1.12. The quantitative estimate of drug-likeness (QED) is 0.666. The molecule has 0 amide bonds. The fourth-order valence-corrected chi connectivity index (χ4v) is 1.12. The molecule has 0 aromatic carbocycles. The summed E-state index contributed by atoms with van der Waals surface area (Å²) in [5.41, 5.74) is 0. The number of aliphatic hydroxyl groups is 1. The Hall–Kier alpha value is -0.120. The number of aliphatic hydroxyl groups excluding tert-OH is 1. The highest BCUT2D eigenvalue weighted by atomic mass is 16.5. The van der Waals surface area contributed by atoms with E-state index in [1.165, 1.54) is 6.42 Å². The van der Waals surface area contributed by atoms with Gasteiger partial charge >= 0.3 is 0 Å². The summed E-state index contributed by atoms with van der Waals surface area (Å²) >= 11 is 0. The van der Waals surface area contributed by atoms with Crippen molar-refractivity contribution in [2.75, 3.05) is 26.4 Å². The van der Waals surface area contributed by atoms with Gasteiger partial charge < -0.3 is 15.2 Å². The molecule has 0 spiro atoms. The van der Waals surface area contributed by atoms with Crippen LogP contribution in [0.3, 0.4) is 0 Å². The zero-order chi connectivity index (χ0) is 9.23. The van der Waals surface area contributed by atoms with Gasteiger partial charge in [0.25, 0.3) is 0 Å². The van der Waals surface area contributed by atoms with E-state index in [0.717, 1.165) is 26.2 Å². The molecule has 1 atom stereocenters. The standard InChI is InChI=1S/C5H11NO.C4H10O/c7-4-5-2-1-3-6-5;1-3-5-4-2/h5-7H,1-4H2;3-4H2,1-2H3. The molecule has 0 radical (unpaired) electrons. The van der Waals surface area contributed by atoms with Gasteiger partial charge in [-0.2, -0.15) is 0 Å². The van der Waals surface area contributed by atoms with E-state index in [9.17, 15) is 0 Å². The predicted molar refractivity (Wildman–Crippen MR) is 50.3 cm³/mol. The third-order valence-corrected chi connectivity index (χ3v) is 1.79. The first-order chi connectivity index (χ1) is 5.85. The van der Waals surface area contributed by atoms with E-state index in [0.29, 0.717) is 12.6 Å². The summed E-state index contributed by atoms with van der Waals surface area (Å²) in [6, 6.07) is 0.403. The molecule has 1 saturated heterocycles. The van der Waals surface area contributed by atoms with E-state index in [-0.39, 0.29) is 0 Å². The first-order valence-electron chi connectivity index (χ1n) is 4.77. The van der Waals surface area contributed by atoms with Crippen LogP contribution in [0.4, 0.5) is 0 Å². The van der Waals surface area contributed by atoms with Crippen LogP contribution in [0.2, 0.25) is 0 Å². The van der Waals surface area contributed by atoms with Crippen LogP contribution < -0.4 is 5.32 Å². The SMILES string of the molecule is CCOCC.OCC1CCCN1. The maximum absolute atomic E-state index is 8.50. The maximum Gasteiger partial charge on any atom is 0.0584 e. The molecule has 0 aromatic rings. The Balaban J connectivity index is 0.000000217. The molecule has 0 aliphatic carbocycles. The monoisotopic (exact) mass is 175 g/mol. The van der Waals surface area contributed by atoms with Crippen molar-refractivity contribution in [2.45, 2.75) is 32.7 Å². The van der Waals surface area contributed by atoms with Gasteiger partial charge in [-0.05, 0) is 33.2 Å². The molecule has 74 valence electrons. The van der Waals surface area contributed by atoms with Crippen LogP contribution in [-0.2, 0) is 4.74 Å². The lowest BCUT2D eigenvalue weighted by atomic mass is 10.2. The van der Waals surface area contributed by atoms with Crippen molar-refractivity contribution in [2.24, 2.45) is 0 Å². The van der Waals surface area contributed by atoms with Gasteiger partial charge in [0.2, 0.25) is 0 Å². The summed E-state index contributed by atoms with van der Waals surface area (Å²) in [7, 11) is 0. The first kappa shape index (κ1) is 11.9. The summed E-state index contributed by atoms with van der Waals surface area (Å²) in [5, 5.41) is 11.7. The van der Waals surface area contributed by atoms with Crippen LogP contribution in [0.25, 0.3) is 0 Å². The molecule has 3 heteroatoms. The largest absolute Gasteiger partial charge is 0.395 e. The molecule has 0 bridgehead atoms. The number of hydrogen-bond acceptors (Lipinski definition) is 3. The van der Waals surface area contributed by atoms with Crippen molar-refractivity contribution in [1.29, 1.82) is 0 Å². The van der Waals surface area contributed by atoms with E-state index < -0.39 is 0 Å². The van der Waals surface area contributed by atoms with E-state index >= 15 is 0 Å². The lowest BCUT2D eigenvalue weighted by Gasteiger charge is -2.01. The Kier molecular flexibility index (Phi) is 8.88. The minimum atomic E-state index is 0.306. The zero-order valence-corrected chi connectivity index (χ0v) is 8.18. The minimum absolute atomic E-state index is 0.306. The van der Waals surface area contributed by atoms with Gasteiger partial charge in [0, 0.05) is 19.3 Å². The Morgan fingerprint density at radius 3 is 2.25 bits per heavy atom. The van der Waals surface area contributed by atoms with Gasteiger partial charge in [-0.15, -0.1) is 0 Å². The van der Waals surface area contributed by atoms with Crippen LogP contribution in [0.1, 0.15) is 26.7 Å². The Bertz CT molecular complexity index is 80.6.